The topological polar surface area (TPSA) is 17.1 Å². The van der Waals surface area contributed by atoms with Gasteiger partial charge in [0.2, 0.25) is 0 Å². The Morgan fingerprint density at radius 2 is 1.18 bits per heavy atom. The second kappa shape index (κ2) is 6.35. The molecule has 3 rings (SSSR count). The third-order valence-corrected chi connectivity index (χ3v) is 3.82. The van der Waals surface area contributed by atoms with Gasteiger partial charge in [0, 0.05) is 21.2 Å². The fourth-order valence-electron chi connectivity index (χ4n) is 2.30. The molecule has 1 nitrogen and oxygen atoms in total. The van der Waals surface area contributed by atoms with Gasteiger partial charge in [0.05, 0.1) is 0 Å². The lowest BCUT2D eigenvalue weighted by Crippen LogP contribution is -2.01. The molecule has 0 heterocycles. The second-order valence-electron chi connectivity index (χ2n) is 4.93. The highest BCUT2D eigenvalue weighted by atomic mass is 35.5. The van der Waals surface area contributed by atoms with Gasteiger partial charge in [0.1, 0.15) is 0 Å². The molecule has 0 saturated heterocycles. The maximum Gasteiger partial charge on any atom is 0.193 e. The Hall–Kier alpha value is -2.09. The average Bonchev–Trinajstić information content (AvgIpc) is 2.54. The molecule has 108 valence electrons. The van der Waals surface area contributed by atoms with Crippen LogP contribution in [0.4, 0.5) is 0 Å². The van der Waals surface area contributed by atoms with E-state index in [2.05, 4.69) is 0 Å². The first-order valence-electron chi connectivity index (χ1n) is 6.80. The Bertz CT molecular complexity index is 788. The van der Waals surface area contributed by atoms with Crippen molar-refractivity contribution in [2.24, 2.45) is 0 Å². The number of benzene rings is 3. The van der Waals surface area contributed by atoms with Crippen molar-refractivity contribution >= 4 is 29.0 Å². The largest absolute Gasteiger partial charge is 0.289 e. The summed E-state index contributed by atoms with van der Waals surface area (Å²) in [5.41, 5.74) is 3.29. The van der Waals surface area contributed by atoms with Crippen LogP contribution in [0.5, 0.6) is 0 Å². The minimum atomic E-state index is -0.0935. The van der Waals surface area contributed by atoms with E-state index in [4.69, 9.17) is 23.2 Å². The van der Waals surface area contributed by atoms with E-state index in [0.29, 0.717) is 21.2 Å². The van der Waals surface area contributed by atoms with Crippen molar-refractivity contribution in [2.75, 3.05) is 0 Å². The predicted molar refractivity (Wildman–Crippen MR) is 91.8 cm³/mol. The molecule has 3 aromatic rings. The van der Waals surface area contributed by atoms with Crippen LogP contribution in [0.3, 0.4) is 0 Å². The van der Waals surface area contributed by atoms with Crippen LogP contribution in [0, 0.1) is 0 Å². The summed E-state index contributed by atoms with van der Waals surface area (Å²) in [4.78, 5) is 12.5. The first-order chi connectivity index (χ1) is 10.6. The van der Waals surface area contributed by atoms with Crippen molar-refractivity contribution < 1.29 is 4.79 Å². The van der Waals surface area contributed by atoms with Crippen molar-refractivity contribution in [3.05, 3.63) is 94.0 Å². The molecule has 0 aliphatic carbocycles. The second-order valence-corrected chi connectivity index (χ2v) is 5.80. The lowest BCUT2D eigenvalue weighted by atomic mass is 9.99. The highest BCUT2D eigenvalue weighted by Gasteiger charge is 2.11. The molecule has 0 spiro atoms. The summed E-state index contributed by atoms with van der Waals surface area (Å²) in [5, 5.41) is 0.911. The molecule has 0 aromatic heterocycles. The van der Waals surface area contributed by atoms with E-state index in [-0.39, 0.29) is 5.78 Å². The van der Waals surface area contributed by atoms with Crippen LogP contribution in [0.2, 0.25) is 10.0 Å². The lowest BCUT2D eigenvalue weighted by Gasteiger charge is -2.05. The number of carbonyl (C=O) groups is 1. The molecule has 0 bridgehead atoms. The van der Waals surface area contributed by atoms with E-state index in [1.54, 1.807) is 18.2 Å². The minimum absolute atomic E-state index is 0.0935. The van der Waals surface area contributed by atoms with E-state index >= 15 is 0 Å². The van der Waals surface area contributed by atoms with Gasteiger partial charge in [-0.05, 0) is 29.3 Å². The van der Waals surface area contributed by atoms with Crippen LogP contribution in [0.25, 0.3) is 11.1 Å². The molecule has 0 atom stereocenters. The third kappa shape index (κ3) is 3.22. The Balaban J connectivity index is 1.91. The number of hydrogen-bond acceptors (Lipinski definition) is 1. The summed E-state index contributed by atoms with van der Waals surface area (Å²) in [6.45, 7) is 0. The van der Waals surface area contributed by atoms with Crippen molar-refractivity contribution in [2.45, 2.75) is 0 Å². The minimum Gasteiger partial charge on any atom is -0.289 e. The summed E-state index contributed by atoms with van der Waals surface area (Å²) in [6.07, 6.45) is 0. The van der Waals surface area contributed by atoms with Crippen molar-refractivity contribution in [3.63, 3.8) is 0 Å². The first kappa shape index (κ1) is 14.8. The van der Waals surface area contributed by atoms with Gasteiger partial charge in [-0.15, -0.1) is 0 Å². The molecular weight excluding hydrogens is 315 g/mol. The van der Waals surface area contributed by atoms with Gasteiger partial charge in [-0.25, -0.2) is 0 Å². The molecule has 3 aromatic carbocycles. The highest BCUT2D eigenvalue weighted by molar-refractivity contribution is 6.35. The van der Waals surface area contributed by atoms with E-state index in [1.165, 1.54) is 0 Å². The van der Waals surface area contributed by atoms with Gasteiger partial charge < -0.3 is 0 Å². The Morgan fingerprint density at radius 1 is 0.636 bits per heavy atom. The average molecular weight is 327 g/mol. The fourth-order valence-corrected chi connectivity index (χ4v) is 2.82. The zero-order chi connectivity index (χ0) is 15.5. The summed E-state index contributed by atoms with van der Waals surface area (Å²) in [5.74, 6) is -0.0935. The predicted octanol–water partition coefficient (Wildman–Crippen LogP) is 5.89. The maximum absolute atomic E-state index is 12.5. The number of rotatable bonds is 3. The van der Waals surface area contributed by atoms with E-state index < -0.39 is 0 Å². The Labute approximate surface area is 139 Å². The molecule has 0 aliphatic rings. The van der Waals surface area contributed by atoms with Gasteiger partial charge >= 0.3 is 0 Å². The molecule has 0 fully saturated rings. The Morgan fingerprint density at radius 3 is 1.77 bits per heavy atom. The molecule has 0 amide bonds. The number of carbonyl (C=O) groups excluding carboxylic acids is 1. The van der Waals surface area contributed by atoms with Crippen LogP contribution >= 0.6 is 23.2 Å². The molecule has 0 aliphatic heterocycles. The quantitative estimate of drug-likeness (QED) is 0.548. The monoisotopic (exact) mass is 326 g/mol. The van der Waals surface area contributed by atoms with Gasteiger partial charge in [0.15, 0.2) is 5.78 Å². The molecule has 22 heavy (non-hydrogen) atoms. The van der Waals surface area contributed by atoms with E-state index in [9.17, 15) is 4.79 Å². The smallest absolute Gasteiger partial charge is 0.193 e. The van der Waals surface area contributed by atoms with Crippen LogP contribution in [-0.2, 0) is 0 Å². The van der Waals surface area contributed by atoms with Crippen molar-refractivity contribution in [1.82, 2.24) is 0 Å². The van der Waals surface area contributed by atoms with Crippen LogP contribution in [-0.4, -0.2) is 5.78 Å². The molecule has 3 heteroatoms. The normalized spacial score (nSPS) is 10.5. The van der Waals surface area contributed by atoms with Gasteiger partial charge in [-0.1, -0.05) is 77.8 Å². The molecule has 0 radical (unpaired) electrons. The Kier molecular flexibility index (Phi) is 4.28. The van der Waals surface area contributed by atoms with Crippen molar-refractivity contribution in [3.8, 4) is 11.1 Å². The molecule has 0 saturated carbocycles. The number of hydrogen-bond donors (Lipinski definition) is 0. The number of ketones is 1. The zero-order valence-electron chi connectivity index (χ0n) is 11.6. The molecular formula is C19H12Cl2O. The summed E-state index contributed by atoms with van der Waals surface area (Å²) < 4.78 is 0. The maximum atomic E-state index is 12.5. The van der Waals surface area contributed by atoms with E-state index in [0.717, 1.165) is 11.1 Å². The van der Waals surface area contributed by atoms with Gasteiger partial charge in [-0.3, -0.25) is 4.79 Å². The summed E-state index contributed by atoms with van der Waals surface area (Å²) >= 11 is 11.9. The highest BCUT2D eigenvalue weighted by Crippen LogP contribution is 2.23. The molecule has 0 N–H and O–H groups in total. The SMILES string of the molecule is O=C(c1ccc(-c2ccccc2)cc1)c1cc(Cl)cc(Cl)c1. The first-order valence-corrected chi connectivity index (χ1v) is 7.55. The van der Waals surface area contributed by atoms with Crippen LogP contribution in [0.15, 0.2) is 72.8 Å². The third-order valence-electron chi connectivity index (χ3n) is 3.38. The standard InChI is InChI=1S/C19H12Cl2O/c20-17-10-16(11-18(21)12-17)19(22)15-8-6-14(7-9-15)13-4-2-1-3-5-13/h1-12H. The summed E-state index contributed by atoms with van der Waals surface area (Å²) in [6, 6.07) is 22.4. The summed E-state index contributed by atoms with van der Waals surface area (Å²) in [7, 11) is 0. The number of halogens is 2. The van der Waals surface area contributed by atoms with Crippen LogP contribution in [0.1, 0.15) is 15.9 Å². The van der Waals surface area contributed by atoms with Gasteiger partial charge in [-0.2, -0.15) is 0 Å². The zero-order valence-corrected chi connectivity index (χ0v) is 13.1. The van der Waals surface area contributed by atoms with Gasteiger partial charge in [0.25, 0.3) is 0 Å². The lowest BCUT2D eigenvalue weighted by molar-refractivity contribution is 0.103. The molecule has 0 unspecified atom stereocenters. The van der Waals surface area contributed by atoms with Crippen molar-refractivity contribution in [1.29, 1.82) is 0 Å². The van der Waals surface area contributed by atoms with E-state index in [1.807, 2.05) is 54.6 Å². The fraction of sp³-hybridized carbons (Fsp3) is 0. The van der Waals surface area contributed by atoms with Crippen LogP contribution < -0.4 is 0 Å².